The summed E-state index contributed by atoms with van der Waals surface area (Å²) in [6, 6.07) is 3.81. The molecule has 9 heteroatoms. The zero-order chi connectivity index (χ0) is 23.5. The van der Waals surface area contributed by atoms with Crippen LogP contribution >= 0.6 is 24.0 Å². The summed E-state index contributed by atoms with van der Waals surface area (Å²) in [4.78, 5) is 35.9. The number of aromatic nitrogens is 2. The van der Waals surface area contributed by atoms with E-state index < -0.39 is 0 Å². The van der Waals surface area contributed by atoms with Crippen molar-refractivity contribution in [2.24, 2.45) is 0 Å². The molecule has 2 saturated heterocycles. The number of rotatable bonds is 8. The van der Waals surface area contributed by atoms with E-state index >= 15 is 0 Å². The third-order valence-corrected chi connectivity index (χ3v) is 7.21. The molecule has 1 unspecified atom stereocenters. The first-order valence-electron chi connectivity index (χ1n) is 11.6. The number of fused-ring (bicyclic) bond motifs is 1. The van der Waals surface area contributed by atoms with Gasteiger partial charge in [-0.3, -0.25) is 18.9 Å². The fraction of sp³-hybridized carbons (Fsp3) is 0.500. The van der Waals surface area contributed by atoms with Crippen LogP contribution in [0, 0.1) is 6.92 Å². The van der Waals surface area contributed by atoms with E-state index in [9.17, 15) is 9.59 Å². The second kappa shape index (κ2) is 10.4. The van der Waals surface area contributed by atoms with Crippen molar-refractivity contribution in [3.63, 3.8) is 0 Å². The predicted octanol–water partition coefficient (Wildman–Crippen LogP) is 4.01. The predicted molar refractivity (Wildman–Crippen MR) is 138 cm³/mol. The lowest BCUT2D eigenvalue weighted by Crippen LogP contribution is -2.35. The molecule has 0 saturated carbocycles. The van der Waals surface area contributed by atoms with Crippen molar-refractivity contribution in [1.82, 2.24) is 14.3 Å². The summed E-state index contributed by atoms with van der Waals surface area (Å²) in [5.41, 5.74) is 1.81. The summed E-state index contributed by atoms with van der Waals surface area (Å²) >= 11 is 6.75. The average molecular weight is 487 g/mol. The molecule has 4 rings (SSSR count). The van der Waals surface area contributed by atoms with Gasteiger partial charge < -0.3 is 9.64 Å². The van der Waals surface area contributed by atoms with Crippen LogP contribution in [0.3, 0.4) is 0 Å². The molecule has 0 aromatic carbocycles. The Kier molecular flexibility index (Phi) is 7.51. The minimum absolute atomic E-state index is 0.0166. The Morgan fingerprint density at radius 2 is 2.03 bits per heavy atom. The van der Waals surface area contributed by atoms with E-state index in [4.69, 9.17) is 21.9 Å². The average Bonchev–Trinajstić information content (AvgIpc) is 3.40. The van der Waals surface area contributed by atoms with Gasteiger partial charge in [0.1, 0.15) is 15.8 Å². The van der Waals surface area contributed by atoms with Gasteiger partial charge in [0.15, 0.2) is 0 Å². The van der Waals surface area contributed by atoms with Crippen LogP contribution in [-0.4, -0.2) is 56.9 Å². The molecule has 2 aromatic rings. The standard InChI is InChI=1S/C24H30N4O3S2/c1-4-10-26(11-5-2)21-18(22(29)27-14-16(3)8-9-20(27)25-21)13-19-23(30)28(24(32)33-19)15-17-7-6-12-31-17/h8-9,13-14,17H,4-7,10-12,15H2,1-3H3/b19-13-. The molecular weight excluding hydrogens is 456 g/mol. The van der Waals surface area contributed by atoms with Crippen LogP contribution in [0.1, 0.15) is 50.7 Å². The fourth-order valence-corrected chi connectivity index (χ4v) is 5.52. The lowest BCUT2D eigenvalue weighted by molar-refractivity contribution is -0.123. The molecule has 0 bridgehead atoms. The number of aryl methyl sites for hydroxylation is 1. The van der Waals surface area contributed by atoms with Crippen molar-refractivity contribution >= 4 is 51.7 Å². The first-order chi connectivity index (χ1) is 15.9. The maximum atomic E-state index is 13.6. The van der Waals surface area contributed by atoms with Crippen LogP contribution in [0.2, 0.25) is 0 Å². The van der Waals surface area contributed by atoms with Crippen molar-refractivity contribution in [3.05, 3.63) is 44.7 Å². The van der Waals surface area contributed by atoms with Crippen LogP contribution in [0.25, 0.3) is 11.7 Å². The SMILES string of the molecule is CCCN(CCC)c1nc2ccc(C)cn2c(=O)c1/C=C1\SC(=S)N(CC2CCCO2)C1=O. The molecule has 0 radical (unpaired) electrons. The van der Waals surface area contributed by atoms with Crippen LogP contribution in [0.4, 0.5) is 5.82 Å². The van der Waals surface area contributed by atoms with Crippen LogP contribution in [-0.2, 0) is 9.53 Å². The van der Waals surface area contributed by atoms with Gasteiger partial charge in [-0.05, 0) is 50.3 Å². The first kappa shape index (κ1) is 23.9. The molecule has 2 fully saturated rings. The molecule has 4 heterocycles. The monoisotopic (exact) mass is 486 g/mol. The van der Waals surface area contributed by atoms with Crippen molar-refractivity contribution < 1.29 is 9.53 Å². The normalized spacial score (nSPS) is 19.9. The number of amides is 1. The highest BCUT2D eigenvalue weighted by atomic mass is 32.2. The van der Waals surface area contributed by atoms with Crippen LogP contribution in [0.5, 0.6) is 0 Å². The van der Waals surface area contributed by atoms with E-state index in [0.717, 1.165) is 50.9 Å². The van der Waals surface area contributed by atoms with Crippen molar-refractivity contribution in [1.29, 1.82) is 0 Å². The van der Waals surface area contributed by atoms with Gasteiger partial charge in [0.2, 0.25) is 0 Å². The Morgan fingerprint density at radius 1 is 1.27 bits per heavy atom. The number of carbonyl (C=O) groups is 1. The van der Waals surface area contributed by atoms with Crippen LogP contribution in [0.15, 0.2) is 28.0 Å². The molecule has 2 aromatic heterocycles. The van der Waals surface area contributed by atoms with Crippen molar-refractivity contribution in [2.45, 2.75) is 52.6 Å². The molecule has 0 spiro atoms. The van der Waals surface area contributed by atoms with Gasteiger partial charge in [-0.2, -0.15) is 0 Å². The summed E-state index contributed by atoms with van der Waals surface area (Å²) in [6.45, 7) is 8.90. The highest BCUT2D eigenvalue weighted by Crippen LogP contribution is 2.34. The van der Waals surface area contributed by atoms with E-state index in [0.29, 0.717) is 32.8 Å². The van der Waals surface area contributed by atoms with Gasteiger partial charge in [0.05, 0.1) is 23.1 Å². The van der Waals surface area contributed by atoms with Crippen LogP contribution < -0.4 is 10.5 Å². The van der Waals surface area contributed by atoms with Gasteiger partial charge in [0.25, 0.3) is 11.5 Å². The maximum absolute atomic E-state index is 13.6. The minimum Gasteiger partial charge on any atom is -0.376 e. The third-order valence-electron chi connectivity index (χ3n) is 5.83. The lowest BCUT2D eigenvalue weighted by atomic mass is 10.2. The fourth-order valence-electron chi connectivity index (χ4n) is 4.26. The molecule has 2 aliphatic rings. The molecule has 1 amide bonds. The van der Waals surface area contributed by atoms with Crippen molar-refractivity contribution in [2.75, 3.05) is 31.1 Å². The number of hydrogen-bond donors (Lipinski definition) is 0. The second-order valence-corrected chi connectivity index (χ2v) is 10.2. The smallest absolute Gasteiger partial charge is 0.267 e. The molecule has 33 heavy (non-hydrogen) atoms. The minimum atomic E-state index is -0.180. The zero-order valence-corrected chi connectivity index (χ0v) is 21.0. The topological polar surface area (TPSA) is 67.2 Å². The molecule has 1 atom stereocenters. The number of ether oxygens (including phenoxy) is 1. The summed E-state index contributed by atoms with van der Waals surface area (Å²) in [5.74, 6) is 0.453. The maximum Gasteiger partial charge on any atom is 0.267 e. The third kappa shape index (κ3) is 5.00. The number of thiocarbonyl (C=S) groups is 1. The Bertz CT molecular complexity index is 1150. The molecule has 0 N–H and O–H groups in total. The summed E-state index contributed by atoms with van der Waals surface area (Å²) in [7, 11) is 0. The summed E-state index contributed by atoms with van der Waals surface area (Å²) < 4.78 is 7.77. The number of hydrogen-bond acceptors (Lipinski definition) is 7. The number of pyridine rings is 1. The first-order valence-corrected chi connectivity index (χ1v) is 12.8. The lowest BCUT2D eigenvalue weighted by Gasteiger charge is -2.24. The van der Waals surface area contributed by atoms with E-state index in [-0.39, 0.29) is 17.6 Å². The summed E-state index contributed by atoms with van der Waals surface area (Å²) in [5, 5.41) is 0. The molecular formula is C24H30N4O3S2. The molecule has 0 aliphatic carbocycles. The highest BCUT2D eigenvalue weighted by Gasteiger charge is 2.35. The van der Waals surface area contributed by atoms with E-state index in [2.05, 4.69) is 18.7 Å². The largest absolute Gasteiger partial charge is 0.376 e. The Morgan fingerprint density at radius 3 is 2.70 bits per heavy atom. The van der Waals surface area contributed by atoms with E-state index in [1.807, 2.05) is 19.1 Å². The number of carbonyl (C=O) groups excluding carboxylic acids is 1. The van der Waals surface area contributed by atoms with Gasteiger partial charge >= 0.3 is 0 Å². The quantitative estimate of drug-likeness (QED) is 0.413. The Labute approximate surface area is 203 Å². The van der Waals surface area contributed by atoms with E-state index in [1.54, 1.807) is 21.6 Å². The van der Waals surface area contributed by atoms with E-state index in [1.165, 1.54) is 11.8 Å². The van der Waals surface area contributed by atoms with Crippen molar-refractivity contribution in [3.8, 4) is 0 Å². The zero-order valence-electron chi connectivity index (χ0n) is 19.4. The second-order valence-electron chi connectivity index (χ2n) is 8.50. The molecule has 2 aliphatic heterocycles. The van der Waals surface area contributed by atoms with Gasteiger partial charge in [0, 0.05) is 25.9 Å². The number of nitrogens with zero attached hydrogens (tertiary/aromatic N) is 4. The molecule has 7 nitrogen and oxygen atoms in total. The van der Waals surface area contributed by atoms with Gasteiger partial charge in [-0.25, -0.2) is 4.98 Å². The molecule has 176 valence electrons. The Balaban J connectivity index is 1.79. The number of anilines is 1. The Hall–Kier alpha value is -2.23. The summed E-state index contributed by atoms with van der Waals surface area (Å²) in [6.07, 6.45) is 7.28. The highest BCUT2D eigenvalue weighted by molar-refractivity contribution is 8.26. The number of thioether (sulfide) groups is 1. The van der Waals surface area contributed by atoms with Gasteiger partial charge in [-0.1, -0.05) is 43.9 Å². The van der Waals surface area contributed by atoms with Gasteiger partial charge in [-0.15, -0.1) is 0 Å².